The van der Waals surface area contributed by atoms with Gasteiger partial charge in [-0.25, -0.2) is 14.4 Å². The van der Waals surface area contributed by atoms with Gasteiger partial charge in [-0.3, -0.25) is 9.59 Å². The van der Waals surface area contributed by atoms with E-state index in [-0.39, 0.29) is 50.7 Å². The maximum Gasteiger partial charge on any atom is 0.408 e. The van der Waals surface area contributed by atoms with Gasteiger partial charge in [-0.15, -0.1) is 0 Å². The van der Waals surface area contributed by atoms with Gasteiger partial charge in [0.1, 0.15) is 24.3 Å². The Hall–Kier alpha value is -4.41. The Bertz CT molecular complexity index is 1230. The van der Waals surface area contributed by atoms with Crippen molar-refractivity contribution in [2.24, 2.45) is 5.92 Å². The zero-order valence-corrected chi connectivity index (χ0v) is 26.5. The minimum atomic E-state index is -1.12. The Labute approximate surface area is 259 Å². The number of esters is 1. The molecule has 2 rings (SSSR count). The maximum absolute atomic E-state index is 14.2. The van der Waals surface area contributed by atoms with E-state index < -0.39 is 41.7 Å². The van der Waals surface area contributed by atoms with Crippen LogP contribution in [-0.2, 0) is 41.6 Å². The van der Waals surface area contributed by atoms with Gasteiger partial charge in [-0.1, -0.05) is 74.5 Å². The average Bonchev–Trinajstić information content (AvgIpc) is 2.97. The number of carbonyl (C=O) groups excluding carboxylic acids is 5. The molecule has 3 amide bonds. The Balaban J connectivity index is 2.29. The highest BCUT2D eigenvalue weighted by atomic mass is 16.6. The predicted octanol–water partition coefficient (Wildman–Crippen LogP) is 4.42. The number of alkyl carbamates (subject to hydrolysis) is 2. The minimum absolute atomic E-state index is 0.0000792. The zero-order valence-electron chi connectivity index (χ0n) is 26.5. The average molecular weight is 612 g/mol. The smallest absolute Gasteiger partial charge is 0.408 e. The van der Waals surface area contributed by atoms with E-state index in [1.807, 2.05) is 74.5 Å². The monoisotopic (exact) mass is 611 g/mol. The van der Waals surface area contributed by atoms with Crippen LogP contribution in [0, 0.1) is 5.92 Å². The fourth-order valence-corrected chi connectivity index (χ4v) is 4.33. The molecule has 44 heavy (non-hydrogen) atoms. The van der Waals surface area contributed by atoms with Crippen LogP contribution in [0.2, 0.25) is 0 Å². The lowest BCUT2D eigenvalue weighted by Crippen LogP contribution is -2.55. The van der Waals surface area contributed by atoms with Gasteiger partial charge < -0.3 is 29.7 Å². The van der Waals surface area contributed by atoms with Gasteiger partial charge in [0.25, 0.3) is 0 Å². The number of rotatable bonds is 15. The third kappa shape index (κ3) is 13.3. The number of methoxy groups -OCH3 is 1. The molecule has 0 aromatic heterocycles. The summed E-state index contributed by atoms with van der Waals surface area (Å²) in [4.78, 5) is 66.1. The molecule has 11 heteroatoms. The first kappa shape index (κ1) is 35.8. The first-order chi connectivity index (χ1) is 20.8. The highest BCUT2D eigenvalue weighted by Gasteiger charge is 2.36. The standard InChI is InChI=1S/C33H45N3O8/c1-23(2)19-28(30(39)42-6)36(18-17-26(37)21-34-31(40)44-33(3,4)5)29(38)27(20-24-13-9-7-10-14-24)35-32(41)43-22-25-15-11-8-12-16-25/h7-16,23,27-28H,17-22H2,1-6H3,(H,34,40)(H,35,41)/t27-,28-/m0/s1. The molecule has 11 nitrogen and oxygen atoms in total. The van der Waals surface area contributed by atoms with Crippen molar-refractivity contribution in [3.05, 3.63) is 71.8 Å². The van der Waals surface area contributed by atoms with Crippen molar-refractivity contribution in [3.8, 4) is 0 Å². The minimum Gasteiger partial charge on any atom is -0.467 e. The lowest BCUT2D eigenvalue weighted by molar-refractivity contribution is -0.154. The Morgan fingerprint density at radius 3 is 2.00 bits per heavy atom. The summed E-state index contributed by atoms with van der Waals surface area (Å²) < 4.78 is 15.6. The molecule has 0 fully saturated rings. The van der Waals surface area contributed by atoms with Gasteiger partial charge >= 0.3 is 18.2 Å². The van der Waals surface area contributed by atoms with Gasteiger partial charge in [0.15, 0.2) is 5.78 Å². The van der Waals surface area contributed by atoms with Gasteiger partial charge in [0.2, 0.25) is 5.91 Å². The van der Waals surface area contributed by atoms with Crippen LogP contribution in [0.3, 0.4) is 0 Å². The summed E-state index contributed by atoms with van der Waals surface area (Å²) in [6.45, 7) is 8.45. The third-order valence-corrected chi connectivity index (χ3v) is 6.37. The number of benzene rings is 2. The summed E-state index contributed by atoms with van der Waals surface area (Å²) in [5, 5.41) is 5.08. The molecule has 2 atom stereocenters. The molecular weight excluding hydrogens is 566 g/mol. The quantitative estimate of drug-likeness (QED) is 0.223. The second-order valence-electron chi connectivity index (χ2n) is 11.8. The molecule has 0 aliphatic carbocycles. The van der Waals surface area contributed by atoms with Gasteiger partial charge in [0, 0.05) is 19.4 Å². The molecule has 0 aliphatic heterocycles. The van der Waals surface area contributed by atoms with E-state index in [1.54, 1.807) is 20.8 Å². The SMILES string of the molecule is COC(=O)[C@H](CC(C)C)N(CCC(=O)CNC(=O)OC(C)(C)C)C(=O)[C@H](Cc1ccccc1)NC(=O)OCc1ccccc1. The van der Waals surface area contributed by atoms with Crippen LogP contribution >= 0.6 is 0 Å². The third-order valence-electron chi connectivity index (χ3n) is 6.37. The van der Waals surface area contributed by atoms with Crippen molar-refractivity contribution in [1.29, 1.82) is 0 Å². The Morgan fingerprint density at radius 2 is 1.45 bits per heavy atom. The molecular formula is C33H45N3O8. The number of ether oxygens (including phenoxy) is 3. The molecule has 2 aromatic rings. The second kappa shape index (κ2) is 17.6. The lowest BCUT2D eigenvalue weighted by Gasteiger charge is -2.34. The van der Waals surface area contributed by atoms with Crippen LogP contribution in [0.5, 0.6) is 0 Å². The van der Waals surface area contributed by atoms with Crippen molar-refractivity contribution in [3.63, 3.8) is 0 Å². The van der Waals surface area contributed by atoms with Crippen LogP contribution in [0.4, 0.5) is 9.59 Å². The van der Waals surface area contributed by atoms with Crippen LogP contribution in [-0.4, -0.2) is 72.6 Å². The van der Waals surface area contributed by atoms with E-state index >= 15 is 0 Å². The highest BCUT2D eigenvalue weighted by Crippen LogP contribution is 2.18. The van der Waals surface area contributed by atoms with E-state index in [9.17, 15) is 24.0 Å². The molecule has 2 aromatic carbocycles. The fraction of sp³-hybridized carbons (Fsp3) is 0.485. The molecule has 0 spiro atoms. The fourth-order valence-electron chi connectivity index (χ4n) is 4.33. The van der Waals surface area contributed by atoms with E-state index in [1.165, 1.54) is 12.0 Å². The van der Waals surface area contributed by atoms with Gasteiger partial charge in [-0.2, -0.15) is 0 Å². The summed E-state index contributed by atoms with van der Waals surface area (Å²) in [6.07, 6.45) is -1.34. The van der Waals surface area contributed by atoms with Crippen LogP contribution < -0.4 is 10.6 Å². The Morgan fingerprint density at radius 1 is 0.864 bits per heavy atom. The summed E-state index contributed by atoms with van der Waals surface area (Å²) in [6, 6.07) is 16.1. The number of nitrogens with one attached hydrogen (secondary N) is 2. The number of nitrogens with zero attached hydrogens (tertiary/aromatic N) is 1. The largest absolute Gasteiger partial charge is 0.467 e. The van der Waals surface area contributed by atoms with E-state index in [4.69, 9.17) is 14.2 Å². The second-order valence-corrected chi connectivity index (χ2v) is 11.8. The van der Waals surface area contributed by atoms with Crippen molar-refractivity contribution < 1.29 is 38.2 Å². The Kier molecular flexibility index (Phi) is 14.4. The predicted molar refractivity (Wildman–Crippen MR) is 165 cm³/mol. The van der Waals surface area contributed by atoms with Crippen molar-refractivity contribution in [2.75, 3.05) is 20.2 Å². The first-order valence-corrected chi connectivity index (χ1v) is 14.7. The van der Waals surface area contributed by atoms with Crippen molar-refractivity contribution >= 4 is 29.8 Å². The first-order valence-electron chi connectivity index (χ1n) is 14.7. The normalized spacial score (nSPS) is 12.4. The van der Waals surface area contributed by atoms with Gasteiger partial charge in [0.05, 0.1) is 13.7 Å². The van der Waals surface area contributed by atoms with Crippen molar-refractivity contribution in [1.82, 2.24) is 15.5 Å². The van der Waals surface area contributed by atoms with Gasteiger partial charge in [-0.05, 0) is 44.2 Å². The van der Waals surface area contributed by atoms with E-state index in [2.05, 4.69) is 10.6 Å². The molecule has 0 heterocycles. The maximum atomic E-state index is 14.2. The molecule has 240 valence electrons. The topological polar surface area (TPSA) is 140 Å². The molecule has 0 saturated heterocycles. The summed E-state index contributed by atoms with van der Waals surface area (Å²) in [5.41, 5.74) is 0.811. The number of carbonyl (C=O) groups is 5. The number of Topliss-reactive ketones (excluding diaryl/α,β-unsaturated/α-hetero) is 1. The van der Waals surface area contributed by atoms with Crippen LogP contribution in [0.1, 0.15) is 58.6 Å². The number of amides is 3. The molecule has 0 bridgehead atoms. The summed E-state index contributed by atoms with van der Waals surface area (Å²) in [7, 11) is 1.23. The molecule has 0 saturated carbocycles. The van der Waals surface area contributed by atoms with Crippen LogP contribution in [0.15, 0.2) is 60.7 Å². The van der Waals surface area contributed by atoms with Crippen molar-refractivity contribution in [2.45, 2.75) is 78.2 Å². The molecule has 2 N–H and O–H groups in total. The number of hydrogen-bond donors (Lipinski definition) is 2. The summed E-state index contributed by atoms with van der Waals surface area (Å²) >= 11 is 0. The lowest BCUT2D eigenvalue weighted by atomic mass is 9.99. The molecule has 0 radical (unpaired) electrons. The van der Waals surface area contributed by atoms with E-state index in [0.29, 0.717) is 0 Å². The number of ketones is 1. The van der Waals surface area contributed by atoms with E-state index in [0.717, 1.165) is 11.1 Å². The molecule has 0 aliphatic rings. The number of hydrogen-bond acceptors (Lipinski definition) is 8. The summed E-state index contributed by atoms with van der Waals surface area (Å²) in [5.74, 6) is -1.60. The van der Waals surface area contributed by atoms with Crippen LogP contribution in [0.25, 0.3) is 0 Å². The zero-order chi connectivity index (χ0) is 32.7. The highest BCUT2D eigenvalue weighted by molar-refractivity contribution is 5.91. The molecule has 0 unspecified atom stereocenters.